The van der Waals surface area contributed by atoms with Crippen LogP contribution in [0.3, 0.4) is 0 Å². The first-order valence-corrected chi connectivity index (χ1v) is 8.72. The summed E-state index contributed by atoms with van der Waals surface area (Å²) in [4.78, 5) is 0. The fraction of sp³-hybridized carbons (Fsp3) is 0.600. The van der Waals surface area contributed by atoms with E-state index in [0.717, 1.165) is 16.6 Å². The third-order valence-electron chi connectivity index (χ3n) is 4.05. The average Bonchev–Trinajstić information content (AvgIpc) is 2.90. The van der Waals surface area contributed by atoms with Gasteiger partial charge < -0.3 is 0 Å². The molecule has 2 rings (SSSR count). The van der Waals surface area contributed by atoms with E-state index in [0.29, 0.717) is 0 Å². The molecule has 0 aromatic heterocycles. The van der Waals surface area contributed by atoms with Crippen molar-refractivity contribution in [3.05, 3.63) is 35.9 Å². The normalized spacial score (nSPS) is 17.5. The van der Waals surface area contributed by atoms with E-state index < -0.39 is 0 Å². The van der Waals surface area contributed by atoms with Crippen molar-refractivity contribution in [1.82, 2.24) is 0 Å². The van der Waals surface area contributed by atoms with Gasteiger partial charge in [0.2, 0.25) is 0 Å². The molecule has 0 saturated heterocycles. The molecule has 1 aliphatic carbocycles. The van der Waals surface area contributed by atoms with Gasteiger partial charge in [0.1, 0.15) is 0 Å². The van der Waals surface area contributed by atoms with Crippen molar-refractivity contribution in [2.24, 2.45) is 5.92 Å². The first-order valence-electron chi connectivity index (χ1n) is 6.48. The lowest BCUT2D eigenvalue weighted by Crippen LogP contribution is -2.32. The van der Waals surface area contributed by atoms with Gasteiger partial charge in [0, 0.05) is 16.1 Å². The number of benzene rings is 1. The lowest BCUT2D eigenvalue weighted by Gasteiger charge is -2.33. The molecule has 17 heavy (non-hydrogen) atoms. The summed E-state index contributed by atoms with van der Waals surface area (Å²) in [5, 5.41) is 2.09. The molecule has 1 aromatic carbocycles. The minimum absolute atomic E-state index is 0.274. The van der Waals surface area contributed by atoms with Crippen LogP contribution in [0.2, 0.25) is 0 Å². The zero-order chi connectivity index (χ0) is 12.1. The molecule has 0 heterocycles. The molecular formula is C15H20Br2. The third-order valence-corrected chi connectivity index (χ3v) is 6.20. The topological polar surface area (TPSA) is 0 Å². The van der Waals surface area contributed by atoms with E-state index in [1.54, 1.807) is 0 Å². The Hall–Kier alpha value is 0.180. The Morgan fingerprint density at radius 2 is 1.59 bits per heavy atom. The Bertz CT molecular complexity index is 324. The van der Waals surface area contributed by atoms with Crippen molar-refractivity contribution in [2.45, 2.75) is 37.5 Å². The van der Waals surface area contributed by atoms with E-state index in [2.05, 4.69) is 62.2 Å². The van der Waals surface area contributed by atoms with Crippen molar-refractivity contribution < 1.29 is 0 Å². The largest absolute Gasteiger partial charge is 0.0918 e. The van der Waals surface area contributed by atoms with Gasteiger partial charge in [-0.1, -0.05) is 87.9 Å². The molecule has 0 spiro atoms. The molecule has 0 atom stereocenters. The van der Waals surface area contributed by atoms with E-state index in [-0.39, 0.29) is 5.41 Å². The van der Waals surface area contributed by atoms with Crippen molar-refractivity contribution in [1.29, 1.82) is 0 Å². The molecule has 0 radical (unpaired) electrons. The van der Waals surface area contributed by atoms with Crippen LogP contribution < -0.4 is 0 Å². The monoisotopic (exact) mass is 358 g/mol. The molecule has 0 amide bonds. The quantitative estimate of drug-likeness (QED) is 0.626. The fourth-order valence-corrected chi connectivity index (χ4v) is 5.01. The van der Waals surface area contributed by atoms with Crippen molar-refractivity contribution in [3.8, 4) is 0 Å². The van der Waals surface area contributed by atoms with Crippen molar-refractivity contribution in [3.63, 3.8) is 0 Å². The molecule has 0 bridgehead atoms. The molecule has 0 N–H and O–H groups in total. The summed E-state index contributed by atoms with van der Waals surface area (Å²) in [6.45, 7) is 0. The molecule has 1 fully saturated rings. The SMILES string of the molecule is BrCC(CBr)(CC1CCCC1)c1ccccc1. The Morgan fingerprint density at radius 1 is 1.00 bits per heavy atom. The minimum Gasteiger partial charge on any atom is -0.0918 e. The zero-order valence-corrected chi connectivity index (χ0v) is 13.3. The van der Waals surface area contributed by atoms with E-state index >= 15 is 0 Å². The maximum absolute atomic E-state index is 3.75. The predicted molar refractivity (Wildman–Crippen MR) is 82.3 cm³/mol. The molecule has 1 aromatic rings. The summed E-state index contributed by atoms with van der Waals surface area (Å²) >= 11 is 7.49. The van der Waals surface area contributed by atoms with Crippen LogP contribution in [-0.4, -0.2) is 10.7 Å². The van der Waals surface area contributed by atoms with Gasteiger partial charge in [-0.15, -0.1) is 0 Å². The molecule has 1 aliphatic rings. The summed E-state index contributed by atoms with van der Waals surface area (Å²) < 4.78 is 0. The number of rotatable bonds is 5. The van der Waals surface area contributed by atoms with Crippen molar-refractivity contribution in [2.75, 3.05) is 10.7 Å². The highest BCUT2D eigenvalue weighted by Gasteiger charge is 2.33. The van der Waals surface area contributed by atoms with E-state index in [9.17, 15) is 0 Å². The number of hydrogen-bond donors (Lipinski definition) is 0. The van der Waals surface area contributed by atoms with Gasteiger partial charge in [0.05, 0.1) is 0 Å². The predicted octanol–water partition coefficient (Wildman–Crippen LogP) is 5.29. The van der Waals surface area contributed by atoms with Gasteiger partial charge in [-0.2, -0.15) is 0 Å². The van der Waals surface area contributed by atoms with Gasteiger partial charge in [-0.25, -0.2) is 0 Å². The van der Waals surface area contributed by atoms with Crippen molar-refractivity contribution >= 4 is 31.9 Å². The second-order valence-electron chi connectivity index (χ2n) is 5.27. The Morgan fingerprint density at radius 3 is 2.12 bits per heavy atom. The summed E-state index contributed by atoms with van der Waals surface area (Å²) in [5.41, 5.74) is 1.75. The second-order valence-corrected chi connectivity index (χ2v) is 6.39. The molecule has 94 valence electrons. The van der Waals surface area contributed by atoms with Crippen LogP contribution in [0, 0.1) is 5.92 Å². The number of hydrogen-bond acceptors (Lipinski definition) is 0. The van der Waals surface area contributed by atoms with Crippen LogP contribution in [0.4, 0.5) is 0 Å². The standard InChI is InChI=1S/C15H20Br2/c16-11-15(12-17,10-13-6-4-5-7-13)14-8-2-1-3-9-14/h1-3,8-9,13H,4-7,10-12H2. The highest BCUT2D eigenvalue weighted by molar-refractivity contribution is 9.09. The average molecular weight is 360 g/mol. The minimum atomic E-state index is 0.274. The lowest BCUT2D eigenvalue weighted by atomic mass is 9.76. The van der Waals surface area contributed by atoms with Crippen LogP contribution in [0.15, 0.2) is 30.3 Å². The van der Waals surface area contributed by atoms with Gasteiger partial charge in [-0.3, -0.25) is 0 Å². The molecule has 1 saturated carbocycles. The molecule has 0 unspecified atom stereocenters. The van der Waals surface area contributed by atoms with Crippen LogP contribution >= 0.6 is 31.9 Å². The van der Waals surface area contributed by atoms with Gasteiger partial charge in [0.15, 0.2) is 0 Å². The summed E-state index contributed by atoms with van der Waals surface area (Å²) in [5.74, 6) is 0.922. The maximum atomic E-state index is 3.75. The molecule has 2 heteroatoms. The van der Waals surface area contributed by atoms with Crippen LogP contribution in [-0.2, 0) is 5.41 Å². The van der Waals surface area contributed by atoms with Crippen LogP contribution in [0.25, 0.3) is 0 Å². The smallest absolute Gasteiger partial charge is 0.0149 e. The highest BCUT2D eigenvalue weighted by atomic mass is 79.9. The first-order chi connectivity index (χ1) is 8.30. The third kappa shape index (κ3) is 3.14. The first kappa shape index (κ1) is 13.6. The zero-order valence-electron chi connectivity index (χ0n) is 10.2. The molecular weight excluding hydrogens is 340 g/mol. The second kappa shape index (κ2) is 6.38. The van der Waals surface area contributed by atoms with E-state index in [4.69, 9.17) is 0 Å². The Labute approximate surface area is 121 Å². The maximum Gasteiger partial charge on any atom is 0.0149 e. The summed E-state index contributed by atoms with van der Waals surface area (Å²) in [7, 11) is 0. The lowest BCUT2D eigenvalue weighted by molar-refractivity contribution is 0.379. The number of halogens is 2. The fourth-order valence-electron chi connectivity index (χ4n) is 2.98. The molecule has 0 nitrogen and oxygen atoms in total. The Balaban J connectivity index is 2.19. The van der Waals surface area contributed by atoms with Gasteiger partial charge in [0.25, 0.3) is 0 Å². The van der Waals surface area contributed by atoms with E-state index in [1.807, 2.05) is 0 Å². The van der Waals surface area contributed by atoms with Gasteiger partial charge >= 0.3 is 0 Å². The van der Waals surface area contributed by atoms with E-state index in [1.165, 1.54) is 37.7 Å². The summed E-state index contributed by atoms with van der Waals surface area (Å²) in [6, 6.07) is 11.0. The molecule has 0 aliphatic heterocycles. The Kier molecular flexibility index (Phi) is 5.10. The van der Waals surface area contributed by atoms with Crippen LogP contribution in [0.1, 0.15) is 37.7 Å². The number of alkyl halides is 2. The van der Waals surface area contributed by atoms with Gasteiger partial charge in [-0.05, 0) is 17.9 Å². The van der Waals surface area contributed by atoms with Crippen LogP contribution in [0.5, 0.6) is 0 Å². The summed E-state index contributed by atoms with van der Waals surface area (Å²) in [6.07, 6.45) is 7.02. The highest BCUT2D eigenvalue weighted by Crippen LogP contribution is 2.40.